The molecule has 0 saturated carbocycles. The minimum absolute atomic E-state index is 0.174. The summed E-state index contributed by atoms with van der Waals surface area (Å²) in [6, 6.07) is 14.9. The van der Waals surface area contributed by atoms with Crippen molar-refractivity contribution in [3.05, 3.63) is 64.7 Å². The first-order valence-electron chi connectivity index (χ1n) is 8.53. The van der Waals surface area contributed by atoms with Crippen LogP contribution >= 0.6 is 11.3 Å². The Morgan fingerprint density at radius 3 is 3.08 bits per heavy atom. The molecule has 2 atom stereocenters. The Balaban J connectivity index is 1.49. The van der Waals surface area contributed by atoms with Gasteiger partial charge in [-0.05, 0) is 48.6 Å². The van der Waals surface area contributed by atoms with Gasteiger partial charge in [0.15, 0.2) is 0 Å². The van der Waals surface area contributed by atoms with Crippen LogP contribution in [0.5, 0.6) is 0 Å². The van der Waals surface area contributed by atoms with Gasteiger partial charge < -0.3 is 4.90 Å². The molecule has 120 valence electrons. The van der Waals surface area contributed by atoms with Crippen LogP contribution in [0.15, 0.2) is 48.0 Å². The van der Waals surface area contributed by atoms with Crippen molar-refractivity contribution in [1.82, 2.24) is 9.88 Å². The molecule has 0 radical (unpaired) electrons. The number of thiazole rings is 1. The molecule has 1 aliphatic heterocycles. The van der Waals surface area contributed by atoms with Gasteiger partial charge in [0.05, 0.1) is 15.7 Å². The van der Waals surface area contributed by atoms with Gasteiger partial charge in [-0.1, -0.05) is 24.3 Å². The summed E-state index contributed by atoms with van der Waals surface area (Å²) in [5, 5.41) is 0. The first kappa shape index (κ1) is 14.2. The largest absolute Gasteiger partial charge is 0.335 e. The lowest BCUT2D eigenvalue weighted by Crippen LogP contribution is -2.46. The number of amides is 1. The highest BCUT2D eigenvalue weighted by atomic mass is 32.1. The molecule has 5 rings (SSSR count). The summed E-state index contributed by atoms with van der Waals surface area (Å²) >= 11 is 1.59. The van der Waals surface area contributed by atoms with Gasteiger partial charge >= 0.3 is 0 Å². The van der Waals surface area contributed by atoms with Crippen molar-refractivity contribution < 1.29 is 4.79 Å². The van der Waals surface area contributed by atoms with E-state index in [0.717, 1.165) is 35.2 Å². The predicted octanol–water partition coefficient (Wildman–Crippen LogP) is 4.24. The minimum atomic E-state index is 0.174. The highest BCUT2D eigenvalue weighted by molar-refractivity contribution is 7.16. The van der Waals surface area contributed by atoms with Crippen molar-refractivity contribution in [3.8, 4) is 0 Å². The molecule has 1 amide bonds. The number of hydrogen-bond donors (Lipinski definition) is 0. The van der Waals surface area contributed by atoms with Crippen LogP contribution in [0.1, 0.15) is 40.2 Å². The van der Waals surface area contributed by atoms with Gasteiger partial charge in [-0.3, -0.25) is 4.79 Å². The number of benzene rings is 2. The van der Waals surface area contributed by atoms with Crippen molar-refractivity contribution in [2.45, 2.75) is 31.2 Å². The first-order valence-corrected chi connectivity index (χ1v) is 9.41. The fourth-order valence-electron chi connectivity index (χ4n) is 4.39. The fraction of sp³-hybridized carbons (Fsp3) is 0.300. The van der Waals surface area contributed by atoms with E-state index in [0.29, 0.717) is 12.0 Å². The smallest absolute Gasteiger partial charge is 0.254 e. The van der Waals surface area contributed by atoms with Crippen molar-refractivity contribution in [2.75, 3.05) is 6.54 Å². The van der Waals surface area contributed by atoms with Crippen LogP contribution in [-0.2, 0) is 6.42 Å². The molecule has 1 aromatic heterocycles. The molecule has 0 unspecified atom stereocenters. The number of nitrogens with zero attached hydrogens (tertiary/aromatic N) is 2. The third kappa shape index (κ3) is 2.09. The lowest BCUT2D eigenvalue weighted by Gasteiger charge is -2.38. The summed E-state index contributed by atoms with van der Waals surface area (Å²) in [7, 11) is 0. The Kier molecular flexibility index (Phi) is 3.20. The van der Waals surface area contributed by atoms with Crippen LogP contribution in [0.4, 0.5) is 0 Å². The first-order chi connectivity index (χ1) is 11.8. The number of fused-ring (bicyclic) bond motifs is 4. The Bertz CT molecular complexity index is 932. The molecule has 0 bridgehead atoms. The van der Waals surface area contributed by atoms with E-state index in [1.54, 1.807) is 11.3 Å². The number of carbonyl (C=O) groups excluding carboxylic acids is 1. The molecular formula is C20H18N2OS. The highest BCUT2D eigenvalue weighted by Crippen LogP contribution is 2.42. The van der Waals surface area contributed by atoms with E-state index in [-0.39, 0.29) is 5.91 Å². The average molecular weight is 334 g/mol. The summed E-state index contributed by atoms with van der Waals surface area (Å²) in [5.41, 5.74) is 6.48. The highest BCUT2D eigenvalue weighted by Gasteiger charge is 2.40. The zero-order chi connectivity index (χ0) is 16.1. The van der Waals surface area contributed by atoms with Gasteiger partial charge in [-0.25, -0.2) is 4.98 Å². The maximum absolute atomic E-state index is 13.2. The number of aromatic nitrogens is 1. The van der Waals surface area contributed by atoms with Crippen LogP contribution in [-0.4, -0.2) is 28.4 Å². The summed E-state index contributed by atoms with van der Waals surface area (Å²) in [6.07, 6.45) is 3.28. The number of hydrogen-bond acceptors (Lipinski definition) is 3. The molecule has 2 aliphatic rings. The molecule has 3 aromatic rings. The number of rotatable bonds is 1. The lowest BCUT2D eigenvalue weighted by atomic mass is 9.88. The van der Waals surface area contributed by atoms with Gasteiger partial charge in [-0.2, -0.15) is 0 Å². The van der Waals surface area contributed by atoms with Gasteiger partial charge in [0, 0.05) is 24.1 Å². The molecule has 2 heterocycles. The fourth-order valence-corrected chi connectivity index (χ4v) is 5.10. The summed E-state index contributed by atoms with van der Waals surface area (Å²) in [6.45, 7) is 0.870. The molecule has 1 fully saturated rings. The Morgan fingerprint density at radius 1 is 1.21 bits per heavy atom. The Labute approximate surface area is 144 Å². The molecule has 0 N–H and O–H groups in total. The van der Waals surface area contributed by atoms with Crippen LogP contribution in [0, 0.1) is 0 Å². The molecule has 1 saturated heterocycles. The molecular weight excluding hydrogens is 316 g/mol. The van der Waals surface area contributed by atoms with E-state index >= 15 is 0 Å². The predicted molar refractivity (Wildman–Crippen MR) is 96.6 cm³/mol. The topological polar surface area (TPSA) is 33.2 Å². The van der Waals surface area contributed by atoms with E-state index in [2.05, 4.69) is 34.1 Å². The number of carbonyl (C=O) groups is 1. The van der Waals surface area contributed by atoms with E-state index in [1.807, 2.05) is 23.7 Å². The number of likely N-dealkylation sites (tertiary alicyclic amines) is 1. The Hall–Kier alpha value is -2.20. The summed E-state index contributed by atoms with van der Waals surface area (Å²) in [5.74, 6) is 0.679. The zero-order valence-electron chi connectivity index (χ0n) is 13.3. The van der Waals surface area contributed by atoms with Crippen LogP contribution in [0.25, 0.3) is 10.2 Å². The quantitative estimate of drug-likeness (QED) is 0.667. The van der Waals surface area contributed by atoms with E-state index in [9.17, 15) is 4.79 Å². The van der Waals surface area contributed by atoms with Gasteiger partial charge in [0.25, 0.3) is 5.91 Å². The number of piperidine rings is 1. The molecule has 3 nitrogen and oxygen atoms in total. The van der Waals surface area contributed by atoms with Gasteiger partial charge in [0.1, 0.15) is 0 Å². The minimum Gasteiger partial charge on any atom is -0.335 e. The van der Waals surface area contributed by atoms with Crippen molar-refractivity contribution in [3.63, 3.8) is 0 Å². The summed E-state index contributed by atoms with van der Waals surface area (Å²) in [4.78, 5) is 19.6. The normalized spacial score (nSPS) is 22.4. The van der Waals surface area contributed by atoms with Crippen molar-refractivity contribution in [2.24, 2.45) is 0 Å². The average Bonchev–Trinajstić information content (AvgIpc) is 3.24. The maximum atomic E-state index is 13.2. The molecule has 4 heteroatoms. The molecule has 24 heavy (non-hydrogen) atoms. The third-order valence-electron chi connectivity index (χ3n) is 5.50. The van der Waals surface area contributed by atoms with Gasteiger partial charge in [0.2, 0.25) is 0 Å². The van der Waals surface area contributed by atoms with Crippen LogP contribution < -0.4 is 0 Å². The van der Waals surface area contributed by atoms with E-state index in [4.69, 9.17) is 0 Å². The maximum Gasteiger partial charge on any atom is 0.254 e. The third-order valence-corrected chi connectivity index (χ3v) is 6.29. The van der Waals surface area contributed by atoms with Gasteiger partial charge in [-0.15, -0.1) is 11.3 Å². The van der Waals surface area contributed by atoms with Crippen LogP contribution in [0.3, 0.4) is 0 Å². The van der Waals surface area contributed by atoms with Crippen molar-refractivity contribution >= 4 is 27.5 Å². The Morgan fingerprint density at radius 2 is 2.12 bits per heavy atom. The zero-order valence-corrected chi connectivity index (χ0v) is 14.1. The van der Waals surface area contributed by atoms with Crippen LogP contribution in [0.2, 0.25) is 0 Å². The monoisotopic (exact) mass is 334 g/mol. The molecule has 1 aliphatic carbocycles. The molecule has 0 spiro atoms. The second-order valence-electron chi connectivity index (χ2n) is 6.75. The van der Waals surface area contributed by atoms with Crippen molar-refractivity contribution in [1.29, 1.82) is 0 Å². The van der Waals surface area contributed by atoms with E-state index < -0.39 is 0 Å². The SMILES string of the molecule is O=C(c1ccc2ncsc2c1)N1CCC[C@H]2c3ccccc3C[C@H]21. The summed E-state index contributed by atoms with van der Waals surface area (Å²) < 4.78 is 1.09. The second-order valence-corrected chi connectivity index (χ2v) is 7.64. The molecule has 2 aromatic carbocycles. The lowest BCUT2D eigenvalue weighted by molar-refractivity contribution is 0.0595. The van der Waals surface area contributed by atoms with E-state index in [1.165, 1.54) is 17.5 Å². The standard InChI is InChI=1S/C20H18N2OS/c23-20(14-7-8-17-19(11-14)24-12-21-17)22-9-3-6-16-15-5-2-1-4-13(15)10-18(16)22/h1-2,4-5,7-8,11-12,16,18H,3,6,9-10H2/t16-,18+/m0/s1. The second kappa shape index (κ2) is 5.42.